The van der Waals surface area contributed by atoms with Gasteiger partial charge in [-0.05, 0) is 86.1 Å². The van der Waals surface area contributed by atoms with E-state index in [1.54, 1.807) is 19.3 Å². The van der Waals surface area contributed by atoms with Crippen LogP contribution in [0, 0.1) is 0 Å². The number of imidazole rings is 1. The monoisotopic (exact) mass is 574 g/mol. The highest BCUT2D eigenvalue weighted by Crippen LogP contribution is 2.45. The smallest absolute Gasteiger partial charge is 0.252 e. The van der Waals surface area contributed by atoms with Gasteiger partial charge in [0.15, 0.2) is 5.78 Å². The molecule has 0 bridgehead atoms. The van der Waals surface area contributed by atoms with Crippen molar-refractivity contribution in [2.45, 2.75) is 69.7 Å². The molecule has 3 heterocycles. The quantitative estimate of drug-likeness (QED) is 0.201. The predicted molar refractivity (Wildman–Crippen MR) is 170 cm³/mol. The number of fused-ring (bicyclic) bond motifs is 2. The summed E-state index contributed by atoms with van der Waals surface area (Å²) in [6.45, 7) is 1.54. The molecule has 1 amide bonds. The van der Waals surface area contributed by atoms with Gasteiger partial charge >= 0.3 is 0 Å². The lowest BCUT2D eigenvalue weighted by atomic mass is 9.92. The van der Waals surface area contributed by atoms with E-state index < -0.39 is 5.54 Å². The Morgan fingerprint density at radius 2 is 1.77 bits per heavy atom. The largest absolute Gasteiger partial charge is 0.472 e. The molecular formula is C36H38N4O3. The molecule has 0 spiro atoms. The average molecular weight is 575 g/mol. The molecule has 2 saturated carbocycles. The van der Waals surface area contributed by atoms with E-state index in [0.29, 0.717) is 11.5 Å². The zero-order valence-electron chi connectivity index (χ0n) is 25.2. The summed E-state index contributed by atoms with van der Waals surface area (Å²) in [5.74, 6) is 1.34. The van der Waals surface area contributed by atoms with Gasteiger partial charge in [0, 0.05) is 36.1 Å². The highest BCUT2D eigenvalue weighted by atomic mass is 16.3. The van der Waals surface area contributed by atoms with E-state index in [9.17, 15) is 9.59 Å². The molecule has 0 radical (unpaired) electrons. The Balaban J connectivity index is 1.25. The van der Waals surface area contributed by atoms with Crippen LogP contribution in [-0.2, 0) is 24.4 Å². The highest BCUT2D eigenvalue weighted by Gasteiger charge is 2.41. The van der Waals surface area contributed by atoms with Crippen molar-refractivity contribution in [2.24, 2.45) is 14.1 Å². The molecule has 0 aliphatic heterocycles. The molecule has 7 nitrogen and oxygen atoms in total. The molecule has 1 N–H and O–H groups in total. The fourth-order valence-corrected chi connectivity index (χ4v) is 7.62. The molecule has 0 atom stereocenters. The van der Waals surface area contributed by atoms with E-state index in [1.165, 1.54) is 42.3 Å². The Morgan fingerprint density at radius 1 is 0.977 bits per heavy atom. The summed E-state index contributed by atoms with van der Waals surface area (Å²) in [5.41, 5.74) is 7.64. The van der Waals surface area contributed by atoms with Crippen molar-refractivity contribution in [3.8, 4) is 11.3 Å². The van der Waals surface area contributed by atoms with Gasteiger partial charge in [-0.1, -0.05) is 43.9 Å². The third-order valence-electron chi connectivity index (χ3n) is 9.71. The number of amides is 1. The van der Waals surface area contributed by atoms with Crippen LogP contribution in [0.3, 0.4) is 0 Å². The highest BCUT2D eigenvalue weighted by molar-refractivity contribution is 6.01. The first-order valence-electron chi connectivity index (χ1n) is 15.5. The van der Waals surface area contributed by atoms with E-state index >= 15 is 0 Å². The first kappa shape index (κ1) is 27.4. The maximum atomic E-state index is 14.0. The van der Waals surface area contributed by atoms with Crippen LogP contribution in [0.5, 0.6) is 0 Å². The standard InChI is InChI=1S/C36H38N4O3/c1-23(41)10-11-24-12-15-30-29(20-24)37-35(40(30)3)36(17-6-7-18-36)38-34(42)26-13-14-28-31(21-26)39(2)33(27-16-19-43-22-27)32(28)25-8-4-5-9-25/h10-16,19-22,25H,4-9,17-18H2,1-3H3,(H,38,42)/b11-10+. The number of aromatic nitrogens is 3. The predicted octanol–water partition coefficient (Wildman–Crippen LogP) is 7.78. The zero-order valence-corrected chi connectivity index (χ0v) is 25.2. The van der Waals surface area contributed by atoms with Crippen molar-refractivity contribution < 1.29 is 14.0 Å². The van der Waals surface area contributed by atoms with Crippen LogP contribution in [0.2, 0.25) is 0 Å². The molecule has 3 aromatic heterocycles. The van der Waals surface area contributed by atoms with Crippen molar-refractivity contribution >= 4 is 39.7 Å². The molecule has 220 valence electrons. The van der Waals surface area contributed by atoms with E-state index in [1.807, 2.05) is 49.7 Å². The molecule has 7 rings (SSSR count). The summed E-state index contributed by atoms with van der Waals surface area (Å²) < 4.78 is 9.84. The van der Waals surface area contributed by atoms with E-state index in [4.69, 9.17) is 9.40 Å². The van der Waals surface area contributed by atoms with Crippen LogP contribution in [-0.4, -0.2) is 25.8 Å². The normalized spacial score (nSPS) is 17.1. The second-order valence-corrected chi connectivity index (χ2v) is 12.5. The molecule has 2 aliphatic carbocycles. The number of nitrogens with zero attached hydrogens (tertiary/aromatic N) is 3. The molecule has 43 heavy (non-hydrogen) atoms. The molecular weight excluding hydrogens is 536 g/mol. The summed E-state index contributed by atoms with van der Waals surface area (Å²) in [6, 6.07) is 14.3. The summed E-state index contributed by atoms with van der Waals surface area (Å²) in [6.07, 6.45) is 15.6. The van der Waals surface area contributed by atoms with Gasteiger partial charge in [0.05, 0.1) is 34.8 Å². The number of hydrogen-bond donors (Lipinski definition) is 1. The molecule has 7 heteroatoms. The van der Waals surface area contributed by atoms with E-state index in [2.05, 4.69) is 33.6 Å². The Labute approximate surface area is 251 Å². The number of aryl methyl sites for hydroxylation is 2. The van der Waals surface area contributed by atoms with Gasteiger partial charge in [-0.25, -0.2) is 4.98 Å². The lowest BCUT2D eigenvalue weighted by Crippen LogP contribution is -2.45. The van der Waals surface area contributed by atoms with Crippen LogP contribution in [0.25, 0.3) is 39.3 Å². The lowest BCUT2D eigenvalue weighted by Gasteiger charge is -2.30. The summed E-state index contributed by atoms with van der Waals surface area (Å²) in [5, 5.41) is 4.69. The first-order chi connectivity index (χ1) is 20.8. The van der Waals surface area contributed by atoms with Gasteiger partial charge in [0.2, 0.25) is 0 Å². The van der Waals surface area contributed by atoms with Crippen LogP contribution < -0.4 is 5.32 Å². The third kappa shape index (κ3) is 4.71. The Bertz CT molecular complexity index is 1880. The number of benzene rings is 2. The average Bonchev–Trinajstić information content (AvgIpc) is 3.83. The van der Waals surface area contributed by atoms with Gasteiger partial charge in [-0.3, -0.25) is 9.59 Å². The van der Waals surface area contributed by atoms with Crippen molar-refractivity contribution in [2.75, 3.05) is 0 Å². The van der Waals surface area contributed by atoms with Gasteiger partial charge in [-0.2, -0.15) is 0 Å². The fraction of sp³-hybridized carbons (Fsp3) is 0.361. The summed E-state index contributed by atoms with van der Waals surface area (Å²) in [4.78, 5) is 30.5. The first-order valence-corrected chi connectivity index (χ1v) is 15.5. The zero-order chi connectivity index (χ0) is 29.7. The number of allylic oxidation sites excluding steroid dienone is 1. The maximum absolute atomic E-state index is 14.0. The van der Waals surface area contributed by atoms with Gasteiger partial charge < -0.3 is 18.9 Å². The number of nitrogens with one attached hydrogen (secondary N) is 1. The number of rotatable bonds is 7. The SMILES string of the molecule is CC(=O)/C=C/c1ccc2c(c1)nc(C1(NC(=O)c3ccc4c(C5CCCC5)c(-c5ccoc5)n(C)c4c3)CCCC1)n2C. The second-order valence-electron chi connectivity index (χ2n) is 12.5. The minimum absolute atomic E-state index is 0.00965. The second kappa shape index (κ2) is 10.7. The van der Waals surface area contributed by atoms with Crippen molar-refractivity contribution in [3.05, 3.63) is 83.6 Å². The van der Waals surface area contributed by atoms with Crippen molar-refractivity contribution in [3.63, 3.8) is 0 Å². The number of ketones is 1. The minimum Gasteiger partial charge on any atom is -0.472 e. The third-order valence-corrected chi connectivity index (χ3v) is 9.71. The fourth-order valence-electron chi connectivity index (χ4n) is 7.62. The molecule has 2 fully saturated rings. The number of carbonyl (C=O) groups is 2. The summed E-state index contributed by atoms with van der Waals surface area (Å²) in [7, 11) is 4.13. The summed E-state index contributed by atoms with van der Waals surface area (Å²) >= 11 is 0. The molecule has 5 aromatic rings. The molecule has 0 unspecified atom stereocenters. The van der Waals surface area contributed by atoms with E-state index in [-0.39, 0.29) is 11.7 Å². The Hall–Kier alpha value is -4.39. The number of carbonyl (C=O) groups excluding carboxylic acids is 2. The van der Waals surface area contributed by atoms with Crippen LogP contribution >= 0.6 is 0 Å². The van der Waals surface area contributed by atoms with Gasteiger partial charge in [0.1, 0.15) is 5.82 Å². The number of hydrogen-bond acceptors (Lipinski definition) is 4. The molecule has 0 saturated heterocycles. The molecule has 2 aliphatic rings. The van der Waals surface area contributed by atoms with Crippen LogP contribution in [0.4, 0.5) is 0 Å². The van der Waals surface area contributed by atoms with E-state index in [0.717, 1.165) is 59.2 Å². The van der Waals surface area contributed by atoms with Gasteiger partial charge in [-0.15, -0.1) is 0 Å². The Kier molecular flexibility index (Phi) is 6.83. The lowest BCUT2D eigenvalue weighted by molar-refractivity contribution is -0.112. The van der Waals surface area contributed by atoms with Crippen molar-refractivity contribution in [1.82, 2.24) is 19.4 Å². The van der Waals surface area contributed by atoms with Crippen LogP contribution in [0.15, 0.2) is 65.5 Å². The topological polar surface area (TPSA) is 82.1 Å². The maximum Gasteiger partial charge on any atom is 0.252 e. The van der Waals surface area contributed by atoms with Crippen molar-refractivity contribution in [1.29, 1.82) is 0 Å². The Morgan fingerprint density at radius 3 is 2.49 bits per heavy atom. The number of furan rings is 1. The minimum atomic E-state index is -0.541. The molecule has 2 aromatic carbocycles. The van der Waals surface area contributed by atoms with Crippen LogP contribution in [0.1, 0.15) is 91.5 Å². The van der Waals surface area contributed by atoms with Gasteiger partial charge in [0.25, 0.3) is 5.91 Å².